The molecular formula is C26H27IN2O3S. The number of nitrogens with zero attached hydrogens (tertiary/aromatic N) is 2. The Morgan fingerprint density at radius 3 is 2.06 bits per heavy atom. The fourth-order valence-electron chi connectivity index (χ4n) is 4.20. The lowest BCUT2D eigenvalue weighted by Gasteiger charge is -2.34. The van der Waals surface area contributed by atoms with Gasteiger partial charge in [-0.25, -0.2) is 8.42 Å². The van der Waals surface area contributed by atoms with Crippen molar-refractivity contribution >= 4 is 44.2 Å². The largest absolute Gasteiger partial charge is 0.341 e. The third-order valence-electron chi connectivity index (χ3n) is 6.06. The quantitative estimate of drug-likeness (QED) is 0.375. The van der Waals surface area contributed by atoms with Crippen LogP contribution in [0, 0.1) is 9.49 Å². The Hall–Kier alpha value is -2.39. The first-order valence-corrected chi connectivity index (χ1v) is 13.6. The molecule has 0 aromatic heterocycles. The second-order valence-electron chi connectivity index (χ2n) is 8.32. The summed E-state index contributed by atoms with van der Waals surface area (Å²) < 4.78 is 29.1. The monoisotopic (exact) mass is 574 g/mol. The number of piperidine rings is 1. The molecule has 0 radical (unpaired) electrons. The van der Waals surface area contributed by atoms with Crippen molar-refractivity contribution in [2.24, 2.45) is 5.92 Å². The molecule has 5 nitrogen and oxygen atoms in total. The van der Waals surface area contributed by atoms with Crippen molar-refractivity contribution in [3.63, 3.8) is 0 Å². The van der Waals surface area contributed by atoms with Gasteiger partial charge in [-0.15, -0.1) is 0 Å². The second kappa shape index (κ2) is 10.7. The van der Waals surface area contributed by atoms with Gasteiger partial charge < -0.3 is 4.90 Å². The Labute approximate surface area is 209 Å². The smallest absolute Gasteiger partial charge is 0.264 e. The average molecular weight is 574 g/mol. The normalized spacial score (nSPS) is 14.8. The number of carbonyl (C=O) groups is 1. The van der Waals surface area contributed by atoms with Gasteiger partial charge in [0, 0.05) is 16.7 Å². The molecule has 4 rings (SSSR count). The van der Waals surface area contributed by atoms with E-state index in [0.717, 1.165) is 22.8 Å². The maximum absolute atomic E-state index is 13.4. The van der Waals surface area contributed by atoms with E-state index < -0.39 is 10.0 Å². The van der Waals surface area contributed by atoms with Crippen LogP contribution in [0.15, 0.2) is 89.8 Å². The Morgan fingerprint density at radius 2 is 1.45 bits per heavy atom. The molecule has 0 spiro atoms. The minimum Gasteiger partial charge on any atom is -0.341 e. The number of hydrogen-bond donors (Lipinski definition) is 0. The Morgan fingerprint density at radius 1 is 0.879 bits per heavy atom. The number of anilines is 1. The van der Waals surface area contributed by atoms with Gasteiger partial charge in [0.15, 0.2) is 0 Å². The van der Waals surface area contributed by atoms with Gasteiger partial charge in [-0.05, 0) is 89.7 Å². The molecule has 1 aliphatic heterocycles. The van der Waals surface area contributed by atoms with Gasteiger partial charge in [-0.3, -0.25) is 9.10 Å². The van der Waals surface area contributed by atoms with Crippen LogP contribution in [0.1, 0.15) is 18.4 Å². The van der Waals surface area contributed by atoms with Gasteiger partial charge in [0.1, 0.15) is 6.54 Å². The maximum atomic E-state index is 13.4. The standard InChI is InChI=1S/C26H27IN2O3S/c27-23-11-13-24(14-12-23)29(33(31,32)25-9-5-2-6-10-25)20-26(30)28-17-15-22(16-18-28)19-21-7-3-1-4-8-21/h1-14,22H,15-20H2. The number of halogens is 1. The lowest BCUT2D eigenvalue weighted by Crippen LogP contribution is -2.46. The van der Waals surface area contributed by atoms with Crippen molar-refractivity contribution in [3.05, 3.63) is 94.1 Å². The zero-order chi connectivity index (χ0) is 23.3. The van der Waals surface area contributed by atoms with Crippen molar-refractivity contribution in [2.45, 2.75) is 24.2 Å². The second-order valence-corrected chi connectivity index (χ2v) is 11.4. The predicted molar refractivity (Wildman–Crippen MR) is 140 cm³/mol. The number of sulfonamides is 1. The summed E-state index contributed by atoms with van der Waals surface area (Å²) in [6.07, 6.45) is 2.87. The molecule has 1 heterocycles. The minimum absolute atomic E-state index is 0.161. The van der Waals surface area contributed by atoms with E-state index >= 15 is 0 Å². The van der Waals surface area contributed by atoms with Crippen LogP contribution in [0.2, 0.25) is 0 Å². The third kappa shape index (κ3) is 5.95. The molecule has 7 heteroatoms. The summed E-state index contributed by atoms with van der Waals surface area (Å²) in [6.45, 7) is 1.10. The highest BCUT2D eigenvalue weighted by molar-refractivity contribution is 14.1. The fourth-order valence-corrected chi connectivity index (χ4v) is 5.99. The average Bonchev–Trinajstić information content (AvgIpc) is 2.85. The molecule has 1 amide bonds. The van der Waals surface area contributed by atoms with Gasteiger partial charge in [-0.2, -0.15) is 0 Å². The Bertz CT molecular complexity index is 1160. The number of benzene rings is 3. The summed E-state index contributed by atoms with van der Waals surface area (Å²) >= 11 is 2.18. The number of rotatable bonds is 7. The molecule has 172 valence electrons. The highest BCUT2D eigenvalue weighted by atomic mass is 127. The first kappa shape index (κ1) is 23.8. The minimum atomic E-state index is -3.87. The molecule has 3 aromatic carbocycles. The van der Waals surface area contributed by atoms with Crippen LogP contribution in [-0.2, 0) is 21.2 Å². The molecule has 0 unspecified atom stereocenters. The number of hydrogen-bond acceptors (Lipinski definition) is 3. The van der Waals surface area contributed by atoms with Gasteiger partial charge in [0.05, 0.1) is 10.6 Å². The fraction of sp³-hybridized carbons (Fsp3) is 0.269. The summed E-state index contributed by atoms with van der Waals surface area (Å²) in [5.74, 6) is 0.378. The molecule has 1 aliphatic rings. The lowest BCUT2D eigenvalue weighted by molar-refractivity contribution is -0.130. The van der Waals surface area contributed by atoms with Gasteiger partial charge >= 0.3 is 0 Å². The predicted octanol–water partition coefficient (Wildman–Crippen LogP) is 4.97. The van der Waals surface area contributed by atoms with Crippen LogP contribution in [0.5, 0.6) is 0 Å². The van der Waals surface area contributed by atoms with E-state index in [2.05, 4.69) is 46.9 Å². The van der Waals surface area contributed by atoms with Crippen LogP contribution in [0.3, 0.4) is 0 Å². The van der Waals surface area contributed by atoms with Gasteiger partial charge in [-0.1, -0.05) is 48.5 Å². The van der Waals surface area contributed by atoms with Crippen LogP contribution in [0.4, 0.5) is 5.69 Å². The SMILES string of the molecule is O=C(CN(c1ccc(I)cc1)S(=O)(=O)c1ccccc1)N1CCC(Cc2ccccc2)CC1. The zero-order valence-corrected chi connectivity index (χ0v) is 21.3. The topological polar surface area (TPSA) is 57.7 Å². The molecule has 1 saturated heterocycles. The number of carbonyl (C=O) groups excluding carboxylic acids is 1. The van der Waals surface area contributed by atoms with Crippen molar-refractivity contribution in [3.8, 4) is 0 Å². The number of likely N-dealkylation sites (tertiary alicyclic amines) is 1. The van der Waals surface area contributed by atoms with Crippen molar-refractivity contribution in [2.75, 3.05) is 23.9 Å². The van der Waals surface area contributed by atoms with E-state index in [1.807, 2.05) is 23.1 Å². The van der Waals surface area contributed by atoms with Crippen molar-refractivity contribution in [1.29, 1.82) is 0 Å². The van der Waals surface area contributed by atoms with E-state index in [-0.39, 0.29) is 17.3 Å². The first-order chi connectivity index (χ1) is 15.9. The molecular weight excluding hydrogens is 547 g/mol. The summed E-state index contributed by atoms with van der Waals surface area (Å²) in [6, 6.07) is 25.9. The van der Waals surface area contributed by atoms with Gasteiger partial charge in [0.2, 0.25) is 5.91 Å². The molecule has 0 aliphatic carbocycles. The summed E-state index contributed by atoms with van der Waals surface area (Å²) in [5, 5.41) is 0. The Balaban J connectivity index is 1.47. The van der Waals surface area contributed by atoms with E-state index in [9.17, 15) is 13.2 Å². The van der Waals surface area contributed by atoms with E-state index in [4.69, 9.17) is 0 Å². The van der Waals surface area contributed by atoms with E-state index in [1.54, 1.807) is 42.5 Å². The van der Waals surface area contributed by atoms with Crippen molar-refractivity contribution < 1.29 is 13.2 Å². The molecule has 1 fully saturated rings. The van der Waals surface area contributed by atoms with E-state index in [0.29, 0.717) is 24.7 Å². The molecule has 3 aromatic rings. The highest BCUT2D eigenvalue weighted by Crippen LogP contribution is 2.26. The molecule has 0 bridgehead atoms. The zero-order valence-electron chi connectivity index (χ0n) is 18.3. The molecule has 0 N–H and O–H groups in total. The van der Waals surface area contributed by atoms with Gasteiger partial charge in [0.25, 0.3) is 10.0 Å². The summed E-state index contributed by atoms with van der Waals surface area (Å²) in [4.78, 5) is 15.2. The van der Waals surface area contributed by atoms with E-state index in [1.165, 1.54) is 9.87 Å². The Kier molecular flexibility index (Phi) is 7.70. The van der Waals surface area contributed by atoms with Crippen LogP contribution >= 0.6 is 22.6 Å². The first-order valence-electron chi connectivity index (χ1n) is 11.1. The van der Waals surface area contributed by atoms with Crippen molar-refractivity contribution in [1.82, 2.24) is 4.90 Å². The highest BCUT2D eigenvalue weighted by Gasteiger charge is 2.30. The maximum Gasteiger partial charge on any atom is 0.264 e. The molecule has 0 saturated carbocycles. The molecule has 33 heavy (non-hydrogen) atoms. The third-order valence-corrected chi connectivity index (χ3v) is 8.57. The van der Waals surface area contributed by atoms with Crippen LogP contribution in [-0.4, -0.2) is 38.9 Å². The molecule has 0 atom stereocenters. The van der Waals surface area contributed by atoms with Crippen LogP contribution < -0.4 is 4.31 Å². The number of amides is 1. The lowest BCUT2D eigenvalue weighted by atomic mass is 9.90. The summed E-state index contributed by atoms with van der Waals surface area (Å²) in [7, 11) is -3.87. The van der Waals surface area contributed by atoms with Crippen LogP contribution in [0.25, 0.3) is 0 Å². The summed E-state index contributed by atoms with van der Waals surface area (Å²) in [5.41, 5.74) is 1.81.